The highest BCUT2D eigenvalue weighted by Gasteiger charge is 2.16. The Balaban J connectivity index is 1.96. The van der Waals surface area contributed by atoms with Crippen LogP contribution < -0.4 is 4.74 Å². The standard InChI is InChI=1S/C12H18ClN3OS/c1-8(2)17-11-14-10(13)15-12(16-11)18-7-9-5-3-4-6-9/h8-9H,3-7H2,1-2H3. The molecule has 1 saturated carbocycles. The summed E-state index contributed by atoms with van der Waals surface area (Å²) >= 11 is 7.52. The number of ether oxygens (including phenoxy) is 1. The average Bonchev–Trinajstić information content (AvgIpc) is 2.77. The molecular formula is C12H18ClN3OS. The van der Waals surface area contributed by atoms with Gasteiger partial charge >= 0.3 is 6.01 Å². The summed E-state index contributed by atoms with van der Waals surface area (Å²) < 4.78 is 5.45. The molecule has 1 aliphatic carbocycles. The molecule has 1 aromatic rings. The first-order valence-electron chi connectivity index (χ1n) is 6.34. The molecule has 1 aliphatic rings. The molecule has 18 heavy (non-hydrogen) atoms. The lowest BCUT2D eigenvalue weighted by Gasteiger charge is -2.10. The maximum absolute atomic E-state index is 5.87. The molecule has 0 aliphatic heterocycles. The average molecular weight is 288 g/mol. The molecule has 0 saturated heterocycles. The van der Waals surface area contributed by atoms with Gasteiger partial charge in [-0.25, -0.2) is 0 Å². The normalized spacial score (nSPS) is 16.4. The van der Waals surface area contributed by atoms with Crippen molar-refractivity contribution >= 4 is 23.4 Å². The molecule has 0 radical (unpaired) electrons. The lowest BCUT2D eigenvalue weighted by Crippen LogP contribution is -2.09. The molecular weight excluding hydrogens is 270 g/mol. The van der Waals surface area contributed by atoms with Crippen LogP contribution in [0.5, 0.6) is 6.01 Å². The molecule has 0 atom stereocenters. The highest BCUT2D eigenvalue weighted by atomic mass is 35.5. The smallest absolute Gasteiger partial charge is 0.321 e. The van der Waals surface area contributed by atoms with E-state index in [9.17, 15) is 0 Å². The van der Waals surface area contributed by atoms with E-state index >= 15 is 0 Å². The Morgan fingerprint density at radius 3 is 2.67 bits per heavy atom. The summed E-state index contributed by atoms with van der Waals surface area (Å²) in [5, 5.41) is 0.868. The molecule has 1 heterocycles. The van der Waals surface area contributed by atoms with Gasteiger partial charge in [0.15, 0.2) is 5.16 Å². The third-order valence-corrected chi connectivity index (χ3v) is 4.08. The Morgan fingerprint density at radius 2 is 2.00 bits per heavy atom. The summed E-state index contributed by atoms with van der Waals surface area (Å²) in [6, 6.07) is 0.318. The number of rotatable bonds is 5. The van der Waals surface area contributed by atoms with Crippen molar-refractivity contribution in [2.45, 2.75) is 50.8 Å². The highest BCUT2D eigenvalue weighted by molar-refractivity contribution is 7.99. The topological polar surface area (TPSA) is 47.9 Å². The number of halogens is 1. The minimum Gasteiger partial charge on any atom is -0.461 e. The van der Waals surface area contributed by atoms with Crippen LogP contribution in [0, 0.1) is 5.92 Å². The zero-order valence-electron chi connectivity index (χ0n) is 10.7. The zero-order valence-corrected chi connectivity index (χ0v) is 12.3. The van der Waals surface area contributed by atoms with Gasteiger partial charge in [0.2, 0.25) is 5.28 Å². The number of hydrogen-bond acceptors (Lipinski definition) is 5. The van der Waals surface area contributed by atoms with Crippen LogP contribution in [0.25, 0.3) is 0 Å². The van der Waals surface area contributed by atoms with Crippen molar-refractivity contribution in [1.29, 1.82) is 0 Å². The van der Waals surface area contributed by atoms with Crippen LogP contribution in [-0.4, -0.2) is 26.8 Å². The van der Waals surface area contributed by atoms with Gasteiger partial charge in [0, 0.05) is 5.75 Å². The van der Waals surface area contributed by atoms with Crippen molar-refractivity contribution in [2.75, 3.05) is 5.75 Å². The summed E-state index contributed by atoms with van der Waals surface area (Å²) in [6.07, 6.45) is 5.38. The van der Waals surface area contributed by atoms with Crippen LogP contribution in [0.1, 0.15) is 39.5 Å². The highest BCUT2D eigenvalue weighted by Crippen LogP contribution is 2.30. The Labute approximate surface area is 117 Å². The van der Waals surface area contributed by atoms with Crippen LogP contribution in [0.2, 0.25) is 5.28 Å². The Bertz CT molecular complexity index is 397. The van der Waals surface area contributed by atoms with Gasteiger partial charge in [-0.3, -0.25) is 0 Å². The third-order valence-electron chi connectivity index (χ3n) is 2.83. The van der Waals surface area contributed by atoms with Crippen LogP contribution in [0.4, 0.5) is 0 Å². The van der Waals surface area contributed by atoms with Gasteiger partial charge in [-0.15, -0.1) is 0 Å². The fourth-order valence-corrected chi connectivity index (χ4v) is 3.23. The predicted octanol–water partition coefficient (Wildman–Crippen LogP) is 3.59. The number of nitrogens with zero attached hydrogens (tertiary/aromatic N) is 3. The van der Waals surface area contributed by atoms with Gasteiger partial charge in [-0.2, -0.15) is 15.0 Å². The summed E-state index contributed by atoms with van der Waals surface area (Å²) in [7, 11) is 0. The van der Waals surface area contributed by atoms with Crippen molar-refractivity contribution in [3.8, 4) is 6.01 Å². The van der Waals surface area contributed by atoms with Crippen molar-refractivity contribution in [2.24, 2.45) is 5.92 Å². The molecule has 6 heteroatoms. The van der Waals surface area contributed by atoms with Crippen LogP contribution in [0.15, 0.2) is 5.16 Å². The minimum atomic E-state index is 0.0381. The van der Waals surface area contributed by atoms with E-state index in [4.69, 9.17) is 16.3 Å². The van der Waals surface area contributed by atoms with Gasteiger partial charge in [0.25, 0.3) is 0 Å². The third kappa shape index (κ3) is 4.28. The van der Waals surface area contributed by atoms with E-state index in [0.29, 0.717) is 11.2 Å². The minimum absolute atomic E-state index is 0.0381. The fourth-order valence-electron chi connectivity index (χ4n) is 2.01. The first kappa shape index (κ1) is 13.9. The van der Waals surface area contributed by atoms with E-state index in [-0.39, 0.29) is 11.4 Å². The molecule has 1 fully saturated rings. The molecule has 0 aromatic carbocycles. The fraction of sp³-hybridized carbons (Fsp3) is 0.750. The van der Waals surface area contributed by atoms with E-state index in [1.807, 2.05) is 13.8 Å². The molecule has 0 spiro atoms. The van der Waals surface area contributed by atoms with Crippen molar-refractivity contribution in [3.05, 3.63) is 5.28 Å². The van der Waals surface area contributed by atoms with Crippen molar-refractivity contribution in [3.63, 3.8) is 0 Å². The van der Waals surface area contributed by atoms with E-state index in [1.54, 1.807) is 11.8 Å². The lowest BCUT2D eigenvalue weighted by atomic mass is 10.1. The summed E-state index contributed by atoms with van der Waals surface area (Å²) in [5.41, 5.74) is 0. The lowest BCUT2D eigenvalue weighted by molar-refractivity contribution is 0.219. The molecule has 1 aromatic heterocycles. The maximum Gasteiger partial charge on any atom is 0.321 e. The van der Waals surface area contributed by atoms with E-state index in [0.717, 1.165) is 11.7 Å². The summed E-state index contributed by atoms with van der Waals surface area (Å²) in [6.45, 7) is 3.87. The van der Waals surface area contributed by atoms with Gasteiger partial charge < -0.3 is 4.74 Å². The molecule has 4 nitrogen and oxygen atoms in total. The van der Waals surface area contributed by atoms with E-state index < -0.39 is 0 Å². The molecule has 0 amide bonds. The Morgan fingerprint density at radius 1 is 1.28 bits per heavy atom. The SMILES string of the molecule is CC(C)Oc1nc(Cl)nc(SCC2CCCC2)n1. The summed E-state index contributed by atoms with van der Waals surface area (Å²) in [4.78, 5) is 12.4. The van der Waals surface area contributed by atoms with Gasteiger partial charge in [0.05, 0.1) is 6.10 Å². The van der Waals surface area contributed by atoms with Crippen LogP contribution >= 0.6 is 23.4 Å². The predicted molar refractivity (Wildman–Crippen MR) is 73.3 cm³/mol. The monoisotopic (exact) mass is 287 g/mol. The molecule has 0 unspecified atom stereocenters. The second-order valence-corrected chi connectivity index (χ2v) is 6.12. The number of hydrogen-bond donors (Lipinski definition) is 0. The van der Waals surface area contributed by atoms with E-state index in [2.05, 4.69) is 15.0 Å². The molecule has 0 N–H and O–H groups in total. The van der Waals surface area contributed by atoms with Crippen molar-refractivity contribution < 1.29 is 4.74 Å². The summed E-state index contributed by atoms with van der Waals surface area (Å²) in [5.74, 6) is 1.85. The Hall–Kier alpha value is -0.550. The van der Waals surface area contributed by atoms with Crippen molar-refractivity contribution in [1.82, 2.24) is 15.0 Å². The molecule has 0 bridgehead atoms. The van der Waals surface area contributed by atoms with Gasteiger partial charge in [-0.1, -0.05) is 24.6 Å². The molecule has 2 rings (SSSR count). The second-order valence-electron chi connectivity index (χ2n) is 4.80. The number of aromatic nitrogens is 3. The maximum atomic E-state index is 5.87. The van der Waals surface area contributed by atoms with Gasteiger partial charge in [-0.05, 0) is 44.2 Å². The first-order valence-corrected chi connectivity index (χ1v) is 7.71. The Kier molecular flexibility index (Phi) is 5.06. The molecule has 100 valence electrons. The quantitative estimate of drug-likeness (QED) is 0.775. The second kappa shape index (κ2) is 6.57. The van der Waals surface area contributed by atoms with E-state index in [1.165, 1.54) is 25.7 Å². The van der Waals surface area contributed by atoms with Crippen LogP contribution in [0.3, 0.4) is 0 Å². The largest absolute Gasteiger partial charge is 0.461 e. The van der Waals surface area contributed by atoms with Crippen LogP contribution in [-0.2, 0) is 0 Å². The first-order chi connectivity index (χ1) is 8.63. The zero-order chi connectivity index (χ0) is 13.0. The number of thioether (sulfide) groups is 1. The van der Waals surface area contributed by atoms with Gasteiger partial charge in [0.1, 0.15) is 0 Å².